The number of rotatable bonds is 8. The highest BCUT2D eigenvalue weighted by atomic mass is 32.2. The number of nitrogens with zero attached hydrogens (tertiary/aromatic N) is 3. The number of amides is 2. The Bertz CT molecular complexity index is 1100. The molecular weight excluding hydrogens is 417 g/mol. The van der Waals surface area contributed by atoms with E-state index in [2.05, 4.69) is 20.8 Å². The largest absolute Gasteiger partial charge is 0.325 e. The van der Waals surface area contributed by atoms with Gasteiger partial charge in [0.25, 0.3) is 0 Å². The zero-order valence-corrected chi connectivity index (χ0v) is 18.4. The number of halogens is 1. The van der Waals surface area contributed by atoms with Crippen LogP contribution < -0.4 is 10.6 Å². The Morgan fingerprint density at radius 3 is 2.52 bits per heavy atom. The fourth-order valence-electron chi connectivity index (χ4n) is 2.96. The molecule has 0 spiro atoms. The van der Waals surface area contributed by atoms with Crippen molar-refractivity contribution in [3.63, 3.8) is 0 Å². The van der Waals surface area contributed by atoms with Crippen LogP contribution in [0.3, 0.4) is 0 Å². The zero-order chi connectivity index (χ0) is 22.4. The van der Waals surface area contributed by atoms with E-state index in [1.807, 2.05) is 39.0 Å². The molecule has 162 valence electrons. The summed E-state index contributed by atoms with van der Waals surface area (Å²) in [5.41, 5.74) is 2.96. The molecule has 7 nitrogen and oxygen atoms in total. The summed E-state index contributed by atoms with van der Waals surface area (Å²) < 4.78 is 15.5. The Balaban J connectivity index is 1.60. The lowest BCUT2D eigenvalue weighted by molar-refractivity contribution is -0.116. The summed E-state index contributed by atoms with van der Waals surface area (Å²) in [4.78, 5) is 24.7. The molecule has 0 saturated heterocycles. The molecule has 0 unspecified atom stereocenters. The Morgan fingerprint density at radius 2 is 1.77 bits per heavy atom. The monoisotopic (exact) mass is 441 g/mol. The van der Waals surface area contributed by atoms with Gasteiger partial charge in [0.15, 0.2) is 5.16 Å². The first kappa shape index (κ1) is 22.5. The highest BCUT2D eigenvalue weighted by Crippen LogP contribution is 2.20. The average molecular weight is 442 g/mol. The summed E-state index contributed by atoms with van der Waals surface area (Å²) in [6.07, 6.45) is -0.0512. The molecule has 0 bridgehead atoms. The molecule has 9 heteroatoms. The Kier molecular flexibility index (Phi) is 7.41. The first-order valence-electron chi connectivity index (χ1n) is 9.83. The van der Waals surface area contributed by atoms with Gasteiger partial charge in [0.05, 0.1) is 17.9 Å². The van der Waals surface area contributed by atoms with E-state index in [4.69, 9.17) is 0 Å². The van der Waals surface area contributed by atoms with Gasteiger partial charge in [-0.3, -0.25) is 9.59 Å². The predicted octanol–water partition coefficient (Wildman–Crippen LogP) is 3.97. The Labute approximate surface area is 184 Å². The van der Waals surface area contributed by atoms with Crippen molar-refractivity contribution in [1.82, 2.24) is 14.8 Å². The molecule has 3 aromatic rings. The lowest BCUT2D eigenvalue weighted by Crippen LogP contribution is -2.18. The van der Waals surface area contributed by atoms with E-state index in [1.54, 1.807) is 16.7 Å². The van der Waals surface area contributed by atoms with Gasteiger partial charge in [0.2, 0.25) is 11.8 Å². The first-order valence-corrected chi connectivity index (χ1v) is 10.8. The van der Waals surface area contributed by atoms with Crippen LogP contribution >= 0.6 is 11.8 Å². The summed E-state index contributed by atoms with van der Waals surface area (Å²) in [6.45, 7) is 6.35. The third-order valence-corrected chi connectivity index (χ3v) is 5.54. The molecule has 1 aromatic heterocycles. The second kappa shape index (κ2) is 10.2. The third-order valence-electron chi connectivity index (χ3n) is 4.58. The number of para-hydroxylation sites is 1. The van der Waals surface area contributed by atoms with E-state index >= 15 is 0 Å². The van der Waals surface area contributed by atoms with Crippen LogP contribution in [0.25, 0.3) is 0 Å². The summed E-state index contributed by atoms with van der Waals surface area (Å²) in [5, 5.41) is 14.2. The molecule has 0 fully saturated rings. The molecule has 2 amide bonds. The molecule has 31 heavy (non-hydrogen) atoms. The van der Waals surface area contributed by atoms with Crippen molar-refractivity contribution >= 4 is 35.0 Å². The number of nitrogens with one attached hydrogen (secondary N) is 2. The van der Waals surface area contributed by atoms with Gasteiger partial charge in [-0.2, -0.15) is 0 Å². The average Bonchev–Trinajstić information content (AvgIpc) is 3.12. The number of hydrogen-bond acceptors (Lipinski definition) is 5. The molecule has 0 aliphatic rings. The van der Waals surface area contributed by atoms with Gasteiger partial charge in [-0.15, -0.1) is 10.2 Å². The fourth-order valence-corrected chi connectivity index (χ4v) is 3.78. The highest BCUT2D eigenvalue weighted by molar-refractivity contribution is 7.99. The minimum atomic E-state index is -0.501. The predicted molar refractivity (Wildman–Crippen MR) is 120 cm³/mol. The number of carbonyl (C=O) groups excluding carboxylic acids is 2. The van der Waals surface area contributed by atoms with Crippen LogP contribution in [0.5, 0.6) is 0 Å². The summed E-state index contributed by atoms with van der Waals surface area (Å²) in [7, 11) is 0. The molecule has 0 aliphatic heterocycles. The van der Waals surface area contributed by atoms with Gasteiger partial charge < -0.3 is 15.2 Å². The van der Waals surface area contributed by atoms with E-state index in [0.29, 0.717) is 17.5 Å². The van der Waals surface area contributed by atoms with Gasteiger partial charge in [-0.1, -0.05) is 36.0 Å². The number of anilines is 2. The van der Waals surface area contributed by atoms with Crippen LogP contribution in [0.4, 0.5) is 15.8 Å². The molecule has 1 heterocycles. The van der Waals surface area contributed by atoms with Gasteiger partial charge in [-0.05, 0) is 50.1 Å². The molecule has 0 aliphatic carbocycles. The van der Waals surface area contributed by atoms with E-state index in [0.717, 1.165) is 16.8 Å². The summed E-state index contributed by atoms with van der Waals surface area (Å²) >= 11 is 1.25. The highest BCUT2D eigenvalue weighted by Gasteiger charge is 2.17. The van der Waals surface area contributed by atoms with Crippen molar-refractivity contribution in [1.29, 1.82) is 0 Å². The van der Waals surface area contributed by atoms with Crippen LogP contribution in [-0.2, 0) is 22.6 Å². The maximum absolute atomic E-state index is 13.7. The van der Waals surface area contributed by atoms with Crippen molar-refractivity contribution in [3.8, 4) is 0 Å². The summed E-state index contributed by atoms with van der Waals surface area (Å²) in [5.74, 6) is -0.431. The second-order valence-corrected chi connectivity index (χ2v) is 7.95. The van der Waals surface area contributed by atoms with Crippen LogP contribution in [0.1, 0.15) is 23.9 Å². The number of aromatic nitrogens is 3. The molecule has 0 atom stereocenters. The van der Waals surface area contributed by atoms with Crippen LogP contribution in [0.2, 0.25) is 0 Å². The quantitative estimate of drug-likeness (QED) is 0.517. The van der Waals surface area contributed by atoms with Gasteiger partial charge in [0, 0.05) is 12.2 Å². The van der Waals surface area contributed by atoms with Crippen molar-refractivity contribution in [2.24, 2.45) is 0 Å². The molecule has 2 aromatic carbocycles. The third kappa shape index (κ3) is 5.91. The number of benzene rings is 2. The van der Waals surface area contributed by atoms with Crippen molar-refractivity contribution < 1.29 is 14.0 Å². The zero-order valence-electron chi connectivity index (χ0n) is 17.6. The lowest BCUT2D eigenvalue weighted by atomic mass is 10.1. The van der Waals surface area contributed by atoms with Crippen molar-refractivity contribution in [3.05, 3.63) is 65.2 Å². The minimum absolute atomic E-state index is 0.0512. The smallest absolute Gasteiger partial charge is 0.234 e. The van der Waals surface area contributed by atoms with Crippen LogP contribution in [0, 0.1) is 19.7 Å². The number of thioether (sulfide) groups is 1. The topological polar surface area (TPSA) is 88.9 Å². The number of carbonyl (C=O) groups is 2. The molecular formula is C22H24FN5O2S. The Morgan fingerprint density at radius 1 is 1.03 bits per heavy atom. The number of aryl methyl sites for hydroxylation is 2. The standard InChI is InChI=1S/C22H24FN5O2S/c1-4-28-19(12-20(29)24-17-8-6-5-7-16(17)23)26-27-22(28)31-13-21(30)25-18-11-14(2)9-10-15(18)3/h5-11H,4,12-13H2,1-3H3,(H,24,29)(H,25,30). The van der Waals surface area contributed by atoms with Crippen LogP contribution in [0.15, 0.2) is 47.6 Å². The molecule has 3 rings (SSSR count). The second-order valence-electron chi connectivity index (χ2n) is 7.00. The minimum Gasteiger partial charge on any atom is -0.325 e. The summed E-state index contributed by atoms with van der Waals surface area (Å²) in [6, 6.07) is 11.9. The van der Waals surface area contributed by atoms with Crippen molar-refractivity contribution in [2.75, 3.05) is 16.4 Å². The van der Waals surface area contributed by atoms with Crippen molar-refractivity contribution in [2.45, 2.75) is 38.9 Å². The maximum Gasteiger partial charge on any atom is 0.234 e. The van der Waals surface area contributed by atoms with E-state index in [-0.39, 0.29) is 23.8 Å². The molecule has 0 radical (unpaired) electrons. The van der Waals surface area contributed by atoms with E-state index in [9.17, 15) is 14.0 Å². The number of hydrogen-bond donors (Lipinski definition) is 2. The molecule has 2 N–H and O–H groups in total. The SMILES string of the molecule is CCn1c(CC(=O)Nc2ccccc2F)nnc1SCC(=O)Nc1cc(C)ccc1C. The lowest BCUT2D eigenvalue weighted by Gasteiger charge is -2.10. The fraction of sp³-hybridized carbons (Fsp3) is 0.273. The van der Waals surface area contributed by atoms with Gasteiger partial charge in [0.1, 0.15) is 11.6 Å². The Hall–Kier alpha value is -3.20. The van der Waals surface area contributed by atoms with Gasteiger partial charge >= 0.3 is 0 Å². The first-order chi connectivity index (χ1) is 14.9. The van der Waals surface area contributed by atoms with E-state index < -0.39 is 11.7 Å². The van der Waals surface area contributed by atoms with E-state index in [1.165, 1.54) is 23.9 Å². The maximum atomic E-state index is 13.7. The van der Waals surface area contributed by atoms with Crippen LogP contribution in [-0.4, -0.2) is 32.3 Å². The van der Waals surface area contributed by atoms with Gasteiger partial charge in [-0.25, -0.2) is 4.39 Å². The molecule has 0 saturated carbocycles. The normalized spacial score (nSPS) is 10.7.